The van der Waals surface area contributed by atoms with Crippen molar-refractivity contribution in [3.63, 3.8) is 0 Å². The van der Waals surface area contributed by atoms with E-state index >= 15 is 0 Å². The number of benzene rings is 2. The number of carbonyl (C=O) groups is 1. The molecular weight excluding hydrogens is 297 g/mol. The number of ether oxygens (including phenoxy) is 1. The molecule has 0 aliphatic carbocycles. The van der Waals surface area contributed by atoms with E-state index in [0.29, 0.717) is 0 Å². The number of sulfonamides is 1. The second-order valence-electron chi connectivity index (χ2n) is 4.10. The number of hydrogen-bond acceptors (Lipinski definition) is 4. The fourth-order valence-electron chi connectivity index (χ4n) is 1.64. The summed E-state index contributed by atoms with van der Waals surface area (Å²) >= 11 is 0. The lowest BCUT2D eigenvalue weighted by atomic mass is 10.2. The molecule has 0 amide bonds. The predicted molar refractivity (Wildman–Crippen MR) is 75.0 cm³/mol. The summed E-state index contributed by atoms with van der Waals surface area (Å²) in [5.41, 5.74) is 0.0805. The zero-order valence-electron chi connectivity index (χ0n) is 11.0. The highest BCUT2D eigenvalue weighted by Gasteiger charge is 2.16. The van der Waals surface area contributed by atoms with Crippen molar-refractivity contribution in [1.82, 2.24) is 0 Å². The summed E-state index contributed by atoms with van der Waals surface area (Å²) < 4.78 is 44.4. The van der Waals surface area contributed by atoms with Gasteiger partial charge in [-0.15, -0.1) is 0 Å². The summed E-state index contributed by atoms with van der Waals surface area (Å²) in [5.74, 6) is -1.24. The summed E-state index contributed by atoms with van der Waals surface area (Å²) in [4.78, 5) is 11.2. The molecule has 2 aromatic carbocycles. The predicted octanol–water partition coefficient (Wildman–Crippen LogP) is 2.41. The molecule has 7 heteroatoms. The van der Waals surface area contributed by atoms with Gasteiger partial charge in [0, 0.05) is 0 Å². The third kappa shape index (κ3) is 3.38. The van der Waals surface area contributed by atoms with Crippen molar-refractivity contribution in [2.24, 2.45) is 0 Å². The Morgan fingerprint density at radius 3 is 2.29 bits per heavy atom. The van der Waals surface area contributed by atoms with Crippen LogP contribution in [-0.4, -0.2) is 21.5 Å². The molecule has 0 aliphatic heterocycles. The van der Waals surface area contributed by atoms with Gasteiger partial charge in [0.1, 0.15) is 5.82 Å². The monoisotopic (exact) mass is 309 g/mol. The smallest absolute Gasteiger partial charge is 0.337 e. The second-order valence-corrected chi connectivity index (χ2v) is 5.78. The van der Waals surface area contributed by atoms with Crippen molar-refractivity contribution in [3.05, 3.63) is 59.9 Å². The summed E-state index contributed by atoms with van der Waals surface area (Å²) in [5, 5.41) is 0. The van der Waals surface area contributed by atoms with Gasteiger partial charge in [-0.25, -0.2) is 17.6 Å². The largest absolute Gasteiger partial charge is 0.465 e. The Kier molecular flexibility index (Phi) is 4.23. The number of methoxy groups -OCH3 is 1. The molecule has 0 spiro atoms. The van der Waals surface area contributed by atoms with Gasteiger partial charge in [-0.3, -0.25) is 4.72 Å². The lowest BCUT2D eigenvalue weighted by Crippen LogP contribution is -2.14. The Bertz CT molecular complexity index is 757. The minimum atomic E-state index is -3.93. The molecular formula is C14H12FNO4S. The van der Waals surface area contributed by atoms with E-state index in [9.17, 15) is 17.6 Å². The molecule has 0 fully saturated rings. The minimum absolute atomic E-state index is 0.0848. The maximum absolute atomic E-state index is 13.5. The lowest BCUT2D eigenvalue weighted by molar-refractivity contribution is 0.0600. The van der Waals surface area contributed by atoms with E-state index in [-0.39, 0.29) is 16.1 Å². The van der Waals surface area contributed by atoms with Crippen LogP contribution in [0.15, 0.2) is 53.4 Å². The second kappa shape index (κ2) is 5.92. The Morgan fingerprint density at radius 2 is 1.71 bits per heavy atom. The molecule has 21 heavy (non-hydrogen) atoms. The van der Waals surface area contributed by atoms with Gasteiger partial charge in [0.05, 0.1) is 23.3 Å². The van der Waals surface area contributed by atoms with Gasteiger partial charge in [0.15, 0.2) is 0 Å². The SMILES string of the molecule is COC(=O)c1ccc(S(=O)(=O)Nc2ccccc2F)cc1. The highest BCUT2D eigenvalue weighted by molar-refractivity contribution is 7.92. The van der Waals surface area contributed by atoms with Crippen LogP contribution in [0.2, 0.25) is 0 Å². The quantitative estimate of drug-likeness (QED) is 0.880. The van der Waals surface area contributed by atoms with Crippen LogP contribution in [0.5, 0.6) is 0 Å². The number of para-hydroxylation sites is 1. The Labute approximate surface area is 121 Å². The molecule has 2 rings (SSSR count). The molecule has 0 aliphatic rings. The summed E-state index contributed by atoms with van der Waals surface area (Å²) in [6.45, 7) is 0. The maximum atomic E-state index is 13.5. The van der Waals surface area contributed by atoms with Gasteiger partial charge < -0.3 is 4.74 Å². The third-order valence-corrected chi connectivity index (χ3v) is 4.09. The molecule has 2 aromatic rings. The molecule has 0 bridgehead atoms. The van der Waals surface area contributed by atoms with Crippen LogP contribution in [0.1, 0.15) is 10.4 Å². The van der Waals surface area contributed by atoms with Crippen molar-refractivity contribution in [2.45, 2.75) is 4.90 Å². The molecule has 0 unspecified atom stereocenters. The topological polar surface area (TPSA) is 72.5 Å². The number of nitrogens with one attached hydrogen (secondary N) is 1. The van der Waals surface area contributed by atoms with Crippen LogP contribution in [0.25, 0.3) is 0 Å². The van der Waals surface area contributed by atoms with Crippen molar-refractivity contribution in [1.29, 1.82) is 0 Å². The average molecular weight is 309 g/mol. The van der Waals surface area contributed by atoms with Crippen LogP contribution in [0.4, 0.5) is 10.1 Å². The lowest BCUT2D eigenvalue weighted by Gasteiger charge is -2.09. The normalized spacial score (nSPS) is 11.0. The first-order valence-electron chi connectivity index (χ1n) is 5.90. The van der Waals surface area contributed by atoms with Gasteiger partial charge in [-0.1, -0.05) is 12.1 Å². The molecule has 0 atom stereocenters. The van der Waals surface area contributed by atoms with Crippen molar-refractivity contribution in [3.8, 4) is 0 Å². The first-order chi connectivity index (χ1) is 9.94. The van der Waals surface area contributed by atoms with E-state index < -0.39 is 21.8 Å². The summed E-state index contributed by atoms with van der Waals surface area (Å²) in [6, 6.07) is 10.6. The first kappa shape index (κ1) is 15.0. The first-order valence-corrected chi connectivity index (χ1v) is 7.38. The van der Waals surface area contributed by atoms with E-state index in [2.05, 4.69) is 9.46 Å². The van der Waals surface area contributed by atoms with E-state index in [0.717, 1.165) is 6.07 Å². The third-order valence-electron chi connectivity index (χ3n) is 2.70. The molecule has 0 radical (unpaired) electrons. The zero-order chi connectivity index (χ0) is 15.5. The number of esters is 1. The molecule has 0 saturated carbocycles. The highest BCUT2D eigenvalue weighted by atomic mass is 32.2. The van der Waals surface area contributed by atoms with Crippen molar-refractivity contribution in [2.75, 3.05) is 11.8 Å². The van der Waals surface area contributed by atoms with Crippen molar-refractivity contribution < 1.29 is 22.3 Å². The van der Waals surface area contributed by atoms with Crippen LogP contribution < -0.4 is 4.72 Å². The summed E-state index contributed by atoms with van der Waals surface area (Å²) in [6.07, 6.45) is 0. The zero-order valence-corrected chi connectivity index (χ0v) is 11.9. The maximum Gasteiger partial charge on any atom is 0.337 e. The van der Waals surface area contributed by atoms with Crippen LogP contribution in [-0.2, 0) is 14.8 Å². The van der Waals surface area contributed by atoms with Crippen LogP contribution in [0, 0.1) is 5.82 Å². The Hall–Kier alpha value is -2.41. The van der Waals surface area contributed by atoms with E-state index in [1.165, 1.54) is 49.6 Å². The molecule has 1 N–H and O–H groups in total. The van der Waals surface area contributed by atoms with E-state index in [1.54, 1.807) is 0 Å². The number of anilines is 1. The number of hydrogen-bond donors (Lipinski definition) is 1. The molecule has 0 aromatic heterocycles. The Balaban J connectivity index is 2.28. The van der Waals surface area contributed by atoms with Gasteiger partial charge in [-0.2, -0.15) is 0 Å². The minimum Gasteiger partial charge on any atom is -0.465 e. The van der Waals surface area contributed by atoms with Crippen molar-refractivity contribution >= 4 is 21.7 Å². The fourth-order valence-corrected chi connectivity index (χ4v) is 2.70. The molecule has 110 valence electrons. The van der Waals surface area contributed by atoms with Crippen LogP contribution in [0.3, 0.4) is 0 Å². The fraction of sp³-hybridized carbons (Fsp3) is 0.0714. The number of rotatable bonds is 4. The number of halogens is 1. The number of carbonyl (C=O) groups excluding carboxylic acids is 1. The molecule has 5 nitrogen and oxygen atoms in total. The van der Waals surface area contributed by atoms with Gasteiger partial charge >= 0.3 is 5.97 Å². The van der Waals surface area contributed by atoms with E-state index in [1.807, 2.05) is 0 Å². The van der Waals surface area contributed by atoms with E-state index in [4.69, 9.17) is 0 Å². The van der Waals surface area contributed by atoms with Gasteiger partial charge in [0.2, 0.25) is 0 Å². The average Bonchev–Trinajstić information content (AvgIpc) is 2.49. The van der Waals surface area contributed by atoms with Gasteiger partial charge in [0.25, 0.3) is 10.0 Å². The highest BCUT2D eigenvalue weighted by Crippen LogP contribution is 2.19. The van der Waals surface area contributed by atoms with Crippen LogP contribution >= 0.6 is 0 Å². The van der Waals surface area contributed by atoms with Gasteiger partial charge in [-0.05, 0) is 36.4 Å². The molecule has 0 saturated heterocycles. The standard InChI is InChI=1S/C14H12FNO4S/c1-20-14(17)10-6-8-11(9-7-10)21(18,19)16-13-5-3-2-4-12(13)15/h2-9,16H,1H3. The summed E-state index contributed by atoms with van der Waals surface area (Å²) in [7, 11) is -2.70. The Morgan fingerprint density at radius 1 is 1.10 bits per heavy atom. The molecule has 0 heterocycles.